The van der Waals surface area contributed by atoms with E-state index >= 15 is 0 Å². The van der Waals surface area contributed by atoms with E-state index in [-0.39, 0.29) is 0 Å². The monoisotopic (exact) mass is 881 g/mol. The number of hydrogen-bond acceptors (Lipinski definition) is 1. The van der Waals surface area contributed by atoms with Gasteiger partial charge in [-0.05, 0) is 125 Å². The Hall–Kier alpha value is -8.92. The Morgan fingerprint density at radius 1 is 0.348 bits per heavy atom. The minimum atomic E-state index is 1.02. The Morgan fingerprint density at radius 3 is 1.41 bits per heavy atom. The van der Waals surface area contributed by atoms with Crippen molar-refractivity contribution in [1.82, 2.24) is 9.13 Å². The molecule has 1 aliphatic carbocycles. The van der Waals surface area contributed by atoms with Gasteiger partial charge < -0.3 is 14.0 Å². The molecule has 13 rings (SSSR count). The van der Waals surface area contributed by atoms with Crippen LogP contribution in [-0.2, 0) is 0 Å². The fourth-order valence-electron chi connectivity index (χ4n) is 10.7. The standard InChI is InChI=1S/C66H47N3/c1-4-16-46(17-5-1)48-28-36-53(37-29-48)67(61-25-13-10-22-57(61)52-20-8-3-9-21-52)54-38-30-50(31-39-54)51-34-42-56(43-35-51)69-62-26-14-11-23-58(62)59-44-45-64-65(66(59)69)60-24-12-15-27-63(60)68(64)55-40-32-49(33-41-55)47-18-6-2-7-19-47/h1-8,10-20,22-45H,9,21H2. The molecule has 1 aliphatic rings. The average molecular weight is 882 g/mol. The first-order valence-electron chi connectivity index (χ1n) is 24.0. The summed E-state index contributed by atoms with van der Waals surface area (Å²) in [6, 6.07) is 88.6. The number of nitrogens with zero attached hydrogens (tertiary/aromatic N) is 3. The number of para-hydroxylation sites is 3. The zero-order valence-corrected chi connectivity index (χ0v) is 38.1. The van der Waals surface area contributed by atoms with E-state index in [1.807, 2.05) is 0 Å². The summed E-state index contributed by atoms with van der Waals surface area (Å²) in [5.74, 6) is 0. The Morgan fingerprint density at radius 2 is 0.826 bits per heavy atom. The van der Waals surface area contributed by atoms with Gasteiger partial charge in [0.2, 0.25) is 0 Å². The van der Waals surface area contributed by atoms with Crippen LogP contribution in [-0.4, -0.2) is 9.13 Å². The van der Waals surface area contributed by atoms with Gasteiger partial charge in [-0.3, -0.25) is 0 Å². The average Bonchev–Trinajstić information content (AvgIpc) is 3.95. The first kappa shape index (κ1) is 40.4. The maximum absolute atomic E-state index is 2.48. The molecule has 3 nitrogen and oxygen atoms in total. The number of benzene rings is 10. The van der Waals surface area contributed by atoms with Crippen molar-refractivity contribution in [2.24, 2.45) is 0 Å². The van der Waals surface area contributed by atoms with Gasteiger partial charge in [0.05, 0.1) is 27.8 Å². The Bertz CT molecular complexity index is 3890. The van der Waals surface area contributed by atoms with Crippen LogP contribution in [0.15, 0.2) is 261 Å². The molecule has 0 bridgehead atoms. The molecule has 12 aromatic rings. The molecule has 0 N–H and O–H groups in total. The molecule has 3 heteroatoms. The van der Waals surface area contributed by atoms with Crippen LogP contribution in [0.1, 0.15) is 18.4 Å². The number of rotatable bonds is 9. The molecular formula is C66H47N3. The third-order valence-electron chi connectivity index (χ3n) is 14.0. The number of fused-ring (bicyclic) bond motifs is 7. The summed E-state index contributed by atoms with van der Waals surface area (Å²) in [4.78, 5) is 2.41. The van der Waals surface area contributed by atoms with Crippen molar-refractivity contribution in [3.8, 4) is 44.8 Å². The van der Waals surface area contributed by atoms with E-state index in [0.29, 0.717) is 0 Å². The van der Waals surface area contributed by atoms with Crippen LogP contribution in [0.5, 0.6) is 0 Å². The predicted octanol–water partition coefficient (Wildman–Crippen LogP) is 18.1. The van der Waals surface area contributed by atoms with Crippen LogP contribution >= 0.6 is 0 Å². The van der Waals surface area contributed by atoms with E-state index in [1.54, 1.807) is 0 Å². The molecule has 0 unspecified atom stereocenters. The van der Waals surface area contributed by atoms with Gasteiger partial charge in [-0.25, -0.2) is 0 Å². The minimum absolute atomic E-state index is 1.02. The molecule has 0 atom stereocenters. The van der Waals surface area contributed by atoms with Crippen LogP contribution in [0.3, 0.4) is 0 Å². The third-order valence-corrected chi connectivity index (χ3v) is 14.0. The Labute approximate surface area is 402 Å². The summed E-state index contributed by atoms with van der Waals surface area (Å²) in [7, 11) is 0. The van der Waals surface area contributed by atoms with Crippen LogP contribution in [0.4, 0.5) is 17.1 Å². The van der Waals surface area contributed by atoms with Crippen molar-refractivity contribution in [2.45, 2.75) is 12.8 Å². The molecule has 0 saturated heterocycles. The highest BCUT2D eigenvalue weighted by Crippen LogP contribution is 2.44. The zero-order valence-electron chi connectivity index (χ0n) is 38.1. The highest BCUT2D eigenvalue weighted by Gasteiger charge is 2.22. The van der Waals surface area contributed by atoms with Gasteiger partial charge in [-0.1, -0.05) is 188 Å². The minimum Gasteiger partial charge on any atom is -0.310 e. The summed E-state index contributed by atoms with van der Waals surface area (Å²) in [5, 5.41) is 4.98. The van der Waals surface area contributed by atoms with Gasteiger partial charge in [0, 0.05) is 49.9 Å². The summed E-state index contributed by atoms with van der Waals surface area (Å²) in [6.45, 7) is 0. The van der Waals surface area contributed by atoms with Gasteiger partial charge in [0.25, 0.3) is 0 Å². The topological polar surface area (TPSA) is 13.1 Å². The fourth-order valence-corrected chi connectivity index (χ4v) is 10.7. The molecule has 0 amide bonds. The van der Waals surface area contributed by atoms with Crippen molar-refractivity contribution >= 4 is 66.2 Å². The van der Waals surface area contributed by atoms with Gasteiger partial charge >= 0.3 is 0 Å². The molecule has 326 valence electrons. The molecule has 0 radical (unpaired) electrons. The summed E-state index contributed by atoms with van der Waals surface area (Å²) < 4.78 is 4.91. The Balaban J connectivity index is 0.895. The largest absolute Gasteiger partial charge is 0.310 e. The molecule has 10 aromatic carbocycles. The van der Waals surface area contributed by atoms with E-state index in [9.17, 15) is 0 Å². The van der Waals surface area contributed by atoms with Crippen molar-refractivity contribution in [3.05, 3.63) is 266 Å². The second-order valence-electron chi connectivity index (χ2n) is 18.0. The molecule has 2 heterocycles. The molecule has 0 fully saturated rings. The van der Waals surface area contributed by atoms with Crippen LogP contribution in [0.25, 0.3) is 93.9 Å². The molecule has 0 aliphatic heterocycles. The van der Waals surface area contributed by atoms with E-state index in [4.69, 9.17) is 0 Å². The van der Waals surface area contributed by atoms with Crippen LogP contribution < -0.4 is 4.90 Å². The van der Waals surface area contributed by atoms with E-state index < -0.39 is 0 Å². The Kier molecular flexibility index (Phi) is 9.98. The van der Waals surface area contributed by atoms with Crippen LogP contribution in [0, 0.1) is 0 Å². The lowest BCUT2D eigenvalue weighted by molar-refractivity contribution is 1.05. The maximum atomic E-state index is 2.48. The lowest BCUT2D eigenvalue weighted by Crippen LogP contribution is -2.12. The predicted molar refractivity (Wildman–Crippen MR) is 292 cm³/mol. The maximum Gasteiger partial charge on any atom is 0.0641 e. The third kappa shape index (κ3) is 7.06. The van der Waals surface area contributed by atoms with Crippen LogP contribution in [0.2, 0.25) is 0 Å². The summed E-state index contributed by atoms with van der Waals surface area (Å²) in [5.41, 5.74) is 20.3. The van der Waals surface area contributed by atoms with Gasteiger partial charge in [0.1, 0.15) is 0 Å². The van der Waals surface area contributed by atoms with Gasteiger partial charge in [-0.2, -0.15) is 0 Å². The van der Waals surface area contributed by atoms with Crippen molar-refractivity contribution < 1.29 is 0 Å². The molecule has 69 heavy (non-hydrogen) atoms. The van der Waals surface area contributed by atoms with E-state index in [1.165, 1.54) is 93.8 Å². The lowest BCUT2D eigenvalue weighted by Gasteiger charge is -2.29. The van der Waals surface area contributed by atoms with E-state index in [2.05, 4.69) is 275 Å². The molecule has 2 aromatic heterocycles. The molecule has 0 saturated carbocycles. The lowest BCUT2D eigenvalue weighted by atomic mass is 9.95. The van der Waals surface area contributed by atoms with Crippen molar-refractivity contribution in [3.63, 3.8) is 0 Å². The number of anilines is 3. The molecule has 0 spiro atoms. The first-order chi connectivity index (χ1) is 34.2. The summed E-state index contributed by atoms with van der Waals surface area (Å²) in [6.07, 6.45) is 8.80. The quantitative estimate of drug-likeness (QED) is 0.141. The summed E-state index contributed by atoms with van der Waals surface area (Å²) >= 11 is 0. The van der Waals surface area contributed by atoms with Crippen molar-refractivity contribution in [1.29, 1.82) is 0 Å². The molecular weight excluding hydrogens is 835 g/mol. The number of hydrogen-bond donors (Lipinski definition) is 0. The highest BCUT2D eigenvalue weighted by atomic mass is 15.1. The second kappa shape index (κ2) is 17.1. The first-order valence-corrected chi connectivity index (χ1v) is 24.0. The van der Waals surface area contributed by atoms with E-state index in [0.717, 1.165) is 35.6 Å². The normalized spacial score (nSPS) is 12.6. The fraction of sp³-hybridized carbons (Fsp3) is 0.0303. The van der Waals surface area contributed by atoms with Gasteiger partial charge in [0.15, 0.2) is 0 Å². The number of aromatic nitrogens is 2. The van der Waals surface area contributed by atoms with Gasteiger partial charge in [-0.15, -0.1) is 0 Å². The zero-order chi connectivity index (χ0) is 45.7. The highest BCUT2D eigenvalue weighted by molar-refractivity contribution is 6.26. The SMILES string of the molecule is C1=CCCC(c2ccccc2N(c2ccc(-c3ccccc3)cc2)c2ccc(-c3ccc(-n4c5ccccc5c5ccc6c(c7ccccc7n6-c6ccc(-c7ccccc7)cc6)c54)cc3)cc2)=C1. The smallest absolute Gasteiger partial charge is 0.0641 e. The van der Waals surface area contributed by atoms with Crippen molar-refractivity contribution in [2.75, 3.05) is 4.90 Å². The number of allylic oxidation sites excluding steroid dienone is 4. The second-order valence-corrected chi connectivity index (χ2v) is 18.0.